The van der Waals surface area contributed by atoms with Crippen LogP contribution < -0.4 is 25.6 Å². The van der Waals surface area contributed by atoms with Crippen LogP contribution in [0, 0.1) is 0 Å². The van der Waals surface area contributed by atoms with Gasteiger partial charge in [0.15, 0.2) is 11.7 Å². The number of methoxy groups -OCH3 is 1. The molecule has 0 aliphatic carbocycles. The molecular formula is C19H18Br2ClN3O5S. The van der Waals surface area contributed by atoms with E-state index in [9.17, 15) is 9.59 Å². The Morgan fingerprint density at radius 1 is 1.03 bits per heavy atom. The van der Waals surface area contributed by atoms with E-state index >= 15 is 0 Å². The smallest absolute Gasteiger partial charge is 0.276 e. The summed E-state index contributed by atoms with van der Waals surface area (Å²) >= 11 is 17.5. The first-order valence-corrected chi connectivity index (χ1v) is 11.1. The fraction of sp³-hybridized carbons (Fsp3) is 0.211. The lowest BCUT2D eigenvalue weighted by Gasteiger charge is -2.14. The molecule has 0 radical (unpaired) electrons. The molecule has 0 fully saturated rings. The van der Waals surface area contributed by atoms with E-state index in [1.807, 2.05) is 0 Å². The minimum atomic E-state index is -0.512. The number of hydrazine groups is 1. The van der Waals surface area contributed by atoms with E-state index in [4.69, 9.17) is 38.0 Å². The highest BCUT2D eigenvalue weighted by Crippen LogP contribution is 2.27. The van der Waals surface area contributed by atoms with Crippen molar-refractivity contribution in [1.29, 1.82) is 0 Å². The van der Waals surface area contributed by atoms with Gasteiger partial charge in [0.1, 0.15) is 18.1 Å². The molecule has 12 heteroatoms. The number of thiocarbonyl (C=S) groups is 1. The van der Waals surface area contributed by atoms with E-state index in [0.717, 1.165) is 0 Å². The minimum Gasteiger partial charge on any atom is -0.490 e. The van der Waals surface area contributed by atoms with Gasteiger partial charge in [-0.05, 0) is 64.5 Å². The molecule has 0 spiro atoms. The molecule has 0 saturated heterocycles. The standard InChI is InChI=1S/C19H18Br2ClN3O5S/c1-28-6-7-29-15-4-2-11(20)8-13(15)18(27)23-19(31)25-24-17(26)10-30-16-5-3-12(22)9-14(16)21/h2-5,8-9H,6-7,10H2,1H3,(H,24,26)(H2,23,25,27,31). The van der Waals surface area contributed by atoms with Crippen LogP contribution >= 0.6 is 55.7 Å². The van der Waals surface area contributed by atoms with Crippen LogP contribution in [0.3, 0.4) is 0 Å². The summed E-state index contributed by atoms with van der Waals surface area (Å²) in [5, 5.41) is 2.90. The Labute approximate surface area is 206 Å². The molecule has 2 aromatic rings. The maximum Gasteiger partial charge on any atom is 0.276 e. The molecule has 0 bridgehead atoms. The highest BCUT2D eigenvalue weighted by molar-refractivity contribution is 9.10. The lowest BCUT2D eigenvalue weighted by atomic mass is 10.2. The molecule has 166 valence electrons. The highest BCUT2D eigenvalue weighted by atomic mass is 79.9. The largest absolute Gasteiger partial charge is 0.490 e. The number of benzene rings is 2. The van der Waals surface area contributed by atoms with E-state index in [1.54, 1.807) is 43.5 Å². The van der Waals surface area contributed by atoms with Gasteiger partial charge in [0.05, 0.1) is 16.6 Å². The molecule has 2 rings (SSSR count). The maximum atomic E-state index is 12.6. The predicted octanol–water partition coefficient (Wildman–Crippen LogP) is 3.60. The summed E-state index contributed by atoms with van der Waals surface area (Å²) in [6, 6.07) is 9.90. The van der Waals surface area contributed by atoms with Crippen LogP contribution in [0.15, 0.2) is 45.3 Å². The van der Waals surface area contributed by atoms with E-state index in [2.05, 4.69) is 48.0 Å². The van der Waals surface area contributed by atoms with Crippen LogP contribution in [0.4, 0.5) is 0 Å². The summed E-state index contributed by atoms with van der Waals surface area (Å²) < 4.78 is 17.2. The first-order chi connectivity index (χ1) is 14.8. The molecule has 2 amide bonds. The van der Waals surface area contributed by atoms with Gasteiger partial charge in [-0.1, -0.05) is 27.5 Å². The lowest BCUT2D eigenvalue weighted by Crippen LogP contribution is -2.49. The van der Waals surface area contributed by atoms with Gasteiger partial charge in [0.25, 0.3) is 11.8 Å². The fourth-order valence-electron chi connectivity index (χ4n) is 2.14. The van der Waals surface area contributed by atoms with Crippen molar-refractivity contribution in [2.45, 2.75) is 0 Å². The van der Waals surface area contributed by atoms with Crippen LogP contribution in [-0.4, -0.2) is 43.9 Å². The molecule has 3 N–H and O–H groups in total. The zero-order valence-electron chi connectivity index (χ0n) is 16.2. The molecule has 0 aliphatic heterocycles. The van der Waals surface area contributed by atoms with Gasteiger partial charge in [0, 0.05) is 16.6 Å². The Balaban J connectivity index is 1.84. The Bertz CT molecular complexity index is 964. The number of carbonyl (C=O) groups is 2. The Kier molecular flexibility index (Phi) is 10.5. The Morgan fingerprint density at radius 3 is 2.48 bits per heavy atom. The average molecular weight is 596 g/mol. The molecule has 2 aromatic carbocycles. The average Bonchev–Trinajstić information content (AvgIpc) is 2.72. The van der Waals surface area contributed by atoms with E-state index in [1.165, 1.54) is 0 Å². The zero-order chi connectivity index (χ0) is 22.8. The minimum absolute atomic E-state index is 0.103. The van der Waals surface area contributed by atoms with Crippen molar-refractivity contribution in [3.8, 4) is 11.5 Å². The van der Waals surface area contributed by atoms with Crippen molar-refractivity contribution in [3.05, 3.63) is 55.9 Å². The quantitative estimate of drug-likeness (QED) is 0.244. The fourth-order valence-corrected chi connectivity index (χ4v) is 3.44. The second kappa shape index (κ2) is 12.8. The second-order valence-corrected chi connectivity index (χ2v) is 8.42. The molecule has 0 aliphatic rings. The van der Waals surface area contributed by atoms with Crippen LogP contribution in [-0.2, 0) is 9.53 Å². The third kappa shape index (κ3) is 8.62. The van der Waals surface area contributed by atoms with Crippen LogP contribution in [0.1, 0.15) is 10.4 Å². The number of carbonyl (C=O) groups excluding carboxylic acids is 2. The summed E-state index contributed by atoms with van der Waals surface area (Å²) in [6.07, 6.45) is 0. The number of rotatable bonds is 8. The van der Waals surface area contributed by atoms with E-state index < -0.39 is 11.8 Å². The number of nitrogens with one attached hydrogen (secondary N) is 3. The Hall–Kier alpha value is -1.92. The van der Waals surface area contributed by atoms with Crippen molar-refractivity contribution in [2.75, 3.05) is 26.9 Å². The third-order valence-electron chi connectivity index (χ3n) is 3.53. The summed E-state index contributed by atoms with van der Waals surface area (Å²) in [4.78, 5) is 24.5. The molecule has 0 saturated carbocycles. The van der Waals surface area contributed by atoms with Gasteiger partial charge < -0.3 is 14.2 Å². The first kappa shape index (κ1) is 25.3. The summed E-state index contributed by atoms with van der Waals surface area (Å²) in [6.45, 7) is 0.367. The van der Waals surface area contributed by atoms with E-state index in [-0.39, 0.29) is 23.9 Å². The topological polar surface area (TPSA) is 97.9 Å². The van der Waals surface area contributed by atoms with Gasteiger partial charge in [0.2, 0.25) is 0 Å². The van der Waals surface area contributed by atoms with Gasteiger partial charge in [-0.2, -0.15) is 0 Å². The predicted molar refractivity (Wildman–Crippen MR) is 128 cm³/mol. The molecule has 0 unspecified atom stereocenters. The number of hydrogen-bond acceptors (Lipinski definition) is 6. The third-order valence-corrected chi connectivity index (χ3v) is 5.08. The summed E-state index contributed by atoms with van der Waals surface area (Å²) in [7, 11) is 1.55. The normalized spacial score (nSPS) is 10.2. The number of ether oxygens (including phenoxy) is 3. The SMILES string of the molecule is COCCOc1ccc(Br)cc1C(=O)NC(=S)NNC(=O)COc1ccc(Cl)cc1Br. The molecule has 0 atom stereocenters. The summed E-state index contributed by atoms with van der Waals surface area (Å²) in [5.74, 6) is -0.205. The van der Waals surface area contributed by atoms with Crippen molar-refractivity contribution >= 4 is 72.6 Å². The second-order valence-electron chi connectivity index (χ2n) is 5.80. The van der Waals surface area contributed by atoms with Crippen molar-refractivity contribution in [1.82, 2.24) is 16.2 Å². The first-order valence-electron chi connectivity index (χ1n) is 8.69. The molecular weight excluding hydrogens is 578 g/mol. The Morgan fingerprint density at radius 2 is 1.77 bits per heavy atom. The number of hydrogen-bond donors (Lipinski definition) is 3. The van der Waals surface area contributed by atoms with Crippen LogP contribution in [0.25, 0.3) is 0 Å². The van der Waals surface area contributed by atoms with Crippen molar-refractivity contribution in [2.24, 2.45) is 0 Å². The van der Waals surface area contributed by atoms with Crippen molar-refractivity contribution < 1.29 is 23.8 Å². The molecule has 31 heavy (non-hydrogen) atoms. The number of amides is 2. The monoisotopic (exact) mass is 593 g/mol. The van der Waals surface area contributed by atoms with Crippen LogP contribution in [0.5, 0.6) is 11.5 Å². The van der Waals surface area contributed by atoms with Gasteiger partial charge >= 0.3 is 0 Å². The number of halogens is 3. The zero-order valence-corrected chi connectivity index (χ0v) is 20.9. The maximum absolute atomic E-state index is 12.6. The molecule has 8 nitrogen and oxygen atoms in total. The van der Waals surface area contributed by atoms with Gasteiger partial charge in [-0.15, -0.1) is 0 Å². The molecule has 0 aromatic heterocycles. The summed E-state index contributed by atoms with van der Waals surface area (Å²) in [5.41, 5.74) is 5.05. The molecule has 0 heterocycles. The van der Waals surface area contributed by atoms with Crippen molar-refractivity contribution in [3.63, 3.8) is 0 Å². The van der Waals surface area contributed by atoms with Crippen LogP contribution in [0.2, 0.25) is 5.02 Å². The van der Waals surface area contributed by atoms with Gasteiger partial charge in [-0.3, -0.25) is 25.8 Å². The van der Waals surface area contributed by atoms with E-state index in [0.29, 0.717) is 32.1 Å². The highest BCUT2D eigenvalue weighted by Gasteiger charge is 2.15. The van der Waals surface area contributed by atoms with Gasteiger partial charge in [-0.25, -0.2) is 0 Å². The lowest BCUT2D eigenvalue weighted by molar-refractivity contribution is -0.123.